The number of ether oxygens (including phenoxy) is 1. The molecular weight excluding hydrogens is 965 g/mol. The third kappa shape index (κ3) is 18.9. The molecule has 0 radical (unpaired) electrons. The number of hydrogen-bond donors (Lipinski definition) is 4. The first-order valence-corrected chi connectivity index (χ1v) is 25.3. The van der Waals surface area contributed by atoms with Crippen LogP contribution in [0.4, 0.5) is 18.9 Å². The number of halogens is 3. The number of aromatic nitrogens is 5. The number of benzene rings is 3. The average molecular weight is 1040 g/mol. The smallest absolute Gasteiger partial charge is 0.489 e. The first-order valence-electron chi connectivity index (χ1n) is 25.3. The van der Waals surface area contributed by atoms with Crippen LogP contribution in [0.2, 0.25) is 0 Å². The normalized spacial score (nSPS) is 14.7. The van der Waals surface area contributed by atoms with Crippen molar-refractivity contribution in [3.05, 3.63) is 113 Å². The molecule has 0 saturated carbocycles. The summed E-state index contributed by atoms with van der Waals surface area (Å²) in [6, 6.07) is 22.6. The van der Waals surface area contributed by atoms with E-state index in [0.29, 0.717) is 54.8 Å². The van der Waals surface area contributed by atoms with E-state index in [-0.39, 0.29) is 84.5 Å². The second-order valence-corrected chi connectivity index (χ2v) is 18.7. The van der Waals surface area contributed by atoms with E-state index in [1.165, 1.54) is 51.0 Å². The summed E-state index contributed by atoms with van der Waals surface area (Å²) in [6.45, 7) is 7.00. The number of likely N-dealkylation sites (tertiary alicyclic amines) is 1. The van der Waals surface area contributed by atoms with Gasteiger partial charge in [0.05, 0.1) is 37.5 Å². The molecular formula is C54H70F3N10NaO6. The van der Waals surface area contributed by atoms with Crippen molar-refractivity contribution in [2.75, 3.05) is 45.2 Å². The molecule has 0 aliphatic carbocycles. The van der Waals surface area contributed by atoms with E-state index in [1.807, 2.05) is 54.4 Å². The summed E-state index contributed by atoms with van der Waals surface area (Å²) < 4.78 is 54.2. The van der Waals surface area contributed by atoms with Crippen LogP contribution in [0.1, 0.15) is 111 Å². The Morgan fingerprint density at radius 3 is 2.39 bits per heavy atom. The Bertz CT molecular complexity index is 2670. The summed E-state index contributed by atoms with van der Waals surface area (Å²) in [5, 5.41) is 26.8. The van der Waals surface area contributed by atoms with Crippen LogP contribution in [0.25, 0.3) is 22.4 Å². The third-order valence-electron chi connectivity index (χ3n) is 12.2. The van der Waals surface area contributed by atoms with Crippen LogP contribution in [0.5, 0.6) is 5.75 Å². The molecule has 1 atom stereocenters. The van der Waals surface area contributed by atoms with Crippen molar-refractivity contribution in [3.8, 4) is 17.3 Å². The Kier molecular flexibility index (Phi) is 24.0. The van der Waals surface area contributed by atoms with Gasteiger partial charge in [0.15, 0.2) is 0 Å². The van der Waals surface area contributed by atoms with Gasteiger partial charge in [0, 0.05) is 50.2 Å². The van der Waals surface area contributed by atoms with Crippen LogP contribution in [0.15, 0.2) is 83.6 Å². The van der Waals surface area contributed by atoms with Crippen LogP contribution in [0, 0.1) is 6.07 Å². The van der Waals surface area contributed by atoms with Crippen LogP contribution in [-0.4, -0.2) is 105 Å². The van der Waals surface area contributed by atoms with E-state index in [9.17, 15) is 32.7 Å². The van der Waals surface area contributed by atoms with Gasteiger partial charge >= 0.3 is 35.7 Å². The Morgan fingerprint density at radius 2 is 1.68 bits per heavy atom. The number of aryl methyl sites for hydroxylation is 1. The summed E-state index contributed by atoms with van der Waals surface area (Å²) in [7, 11) is 4.05. The zero-order chi connectivity index (χ0) is 52.2. The van der Waals surface area contributed by atoms with E-state index in [4.69, 9.17) is 9.26 Å². The number of likely N-dealkylation sites (N-methyl/N-ethyl adjacent to an activating group) is 1. The monoisotopic (exact) mass is 1030 g/mol. The fraction of sp³-hybridized carbons (Fsp3) is 0.481. The quantitative estimate of drug-likeness (QED) is 0.0463. The van der Waals surface area contributed by atoms with Crippen molar-refractivity contribution < 1.29 is 71.5 Å². The van der Waals surface area contributed by atoms with Gasteiger partial charge in [-0.15, -0.1) is 35.7 Å². The van der Waals surface area contributed by atoms with Gasteiger partial charge in [-0.1, -0.05) is 81.4 Å². The number of carbonyl (C=O) groups excluding carboxylic acids is 3. The largest absolute Gasteiger partial charge is 1.00 e. The second kappa shape index (κ2) is 30.0. The van der Waals surface area contributed by atoms with Crippen LogP contribution in [0.3, 0.4) is 0 Å². The van der Waals surface area contributed by atoms with E-state index in [2.05, 4.69) is 63.1 Å². The SMILES string of the molecule is CCC.CN1CC(=O)NC(CO)Cc2ccc(OCc3ccc(CNC(=O)CCCCCCCn4cc(C(=O)NCc5nc(-c6cc7[c-]cccc7n6CC(F)(F)F)no5)cn4)cc3)cc21.CN1CCCCC1.[Na+]. The predicted octanol–water partition coefficient (Wildman–Crippen LogP) is 5.41. The van der Waals surface area contributed by atoms with Crippen molar-refractivity contribution in [2.45, 2.75) is 129 Å². The van der Waals surface area contributed by atoms with E-state index in [0.717, 1.165) is 59.0 Å². The molecule has 2 aliphatic rings. The van der Waals surface area contributed by atoms with E-state index >= 15 is 0 Å². The van der Waals surface area contributed by atoms with Crippen LogP contribution < -0.4 is 55.1 Å². The minimum absolute atomic E-state index is 0. The molecule has 394 valence electrons. The Hall–Kier alpha value is -5.73. The van der Waals surface area contributed by atoms with E-state index in [1.54, 1.807) is 29.1 Å². The number of aliphatic hydroxyl groups is 1. The number of rotatable bonds is 19. The minimum atomic E-state index is -4.47. The summed E-state index contributed by atoms with van der Waals surface area (Å²) in [5.74, 6) is 0.129. The summed E-state index contributed by atoms with van der Waals surface area (Å²) in [5.41, 5.74) is 4.68. The maximum atomic E-state index is 13.4. The third-order valence-corrected chi connectivity index (χ3v) is 12.2. The molecule has 16 nitrogen and oxygen atoms in total. The van der Waals surface area contributed by atoms with Gasteiger partial charge in [0.25, 0.3) is 5.91 Å². The van der Waals surface area contributed by atoms with Gasteiger partial charge in [-0.05, 0) is 80.5 Å². The Balaban J connectivity index is 0.000000833. The molecule has 1 saturated heterocycles. The molecule has 74 heavy (non-hydrogen) atoms. The molecule has 1 fully saturated rings. The number of fused-ring (bicyclic) bond motifs is 2. The number of alkyl halides is 3. The summed E-state index contributed by atoms with van der Waals surface area (Å²) in [6.07, 6.45) is 9.55. The second-order valence-electron chi connectivity index (χ2n) is 18.7. The molecule has 3 amide bonds. The molecule has 1 unspecified atom stereocenters. The van der Waals surface area contributed by atoms with Gasteiger partial charge in [-0.3, -0.25) is 19.1 Å². The number of carbonyl (C=O) groups is 3. The number of anilines is 1. The fourth-order valence-electron chi connectivity index (χ4n) is 8.48. The van der Waals surface area contributed by atoms with Gasteiger partial charge in [-0.2, -0.15) is 23.3 Å². The molecule has 3 aromatic heterocycles. The molecule has 2 aliphatic heterocycles. The van der Waals surface area contributed by atoms with Gasteiger partial charge in [-0.25, -0.2) is 0 Å². The standard InChI is InChI=1S/C45H49F3N9O6.C6H13N.C3H8.Na/c1-55-26-41(60)52-35(27-58)19-33-16-17-36(21-38(33)55)62-28-31-14-12-30(13-15-31)22-49-40(59)11-5-3-2-4-8-18-56-25-34(23-51-56)44(61)50-24-42-53-43(54-63-42)39-20-32-9-6-7-10-37(32)57(39)29-45(46,47)48;1-7-5-3-2-4-6-7;1-3-2;/h6-7,10,12-17,20-21,23,25,35,58H,2-5,8,11,18-19,22,24,26-29H2,1H3,(H,49,59)(H,50,61)(H,52,60);2-6H2,1H3;3H2,1-2H3;/q-1;;;+1. The molecule has 20 heteroatoms. The Labute approximate surface area is 454 Å². The molecule has 8 rings (SSSR count). The topological polar surface area (TPSA) is 185 Å². The minimum Gasteiger partial charge on any atom is -0.489 e. The van der Waals surface area contributed by atoms with Crippen molar-refractivity contribution >= 4 is 34.3 Å². The zero-order valence-corrected chi connectivity index (χ0v) is 45.5. The van der Waals surface area contributed by atoms with Crippen LogP contribution in [-0.2, 0) is 48.8 Å². The summed E-state index contributed by atoms with van der Waals surface area (Å²) >= 11 is 0. The number of unbranched alkanes of at least 4 members (excludes halogenated alkanes) is 4. The van der Waals surface area contributed by atoms with Crippen molar-refractivity contribution in [2.24, 2.45) is 0 Å². The summed E-state index contributed by atoms with van der Waals surface area (Å²) in [4.78, 5) is 46.0. The van der Waals surface area contributed by atoms with Gasteiger partial charge < -0.3 is 44.7 Å². The maximum Gasteiger partial charge on any atom is 1.00 e. The van der Waals surface area contributed by atoms with E-state index < -0.39 is 18.6 Å². The number of nitrogens with zero attached hydrogens (tertiary/aromatic N) is 7. The first-order chi connectivity index (χ1) is 35.2. The van der Waals surface area contributed by atoms with Crippen molar-refractivity contribution in [1.82, 2.24) is 45.3 Å². The zero-order valence-electron chi connectivity index (χ0n) is 43.5. The number of hydrogen-bond acceptors (Lipinski definition) is 11. The molecule has 0 bridgehead atoms. The van der Waals surface area contributed by atoms with Gasteiger partial charge in [0.1, 0.15) is 18.9 Å². The van der Waals surface area contributed by atoms with Crippen LogP contribution >= 0.6 is 0 Å². The molecule has 6 aromatic rings. The number of amides is 3. The Morgan fingerprint density at radius 1 is 0.946 bits per heavy atom. The number of nitrogens with one attached hydrogen (secondary N) is 3. The van der Waals surface area contributed by atoms with Crippen molar-refractivity contribution in [3.63, 3.8) is 0 Å². The molecule has 5 heterocycles. The fourth-order valence-corrected chi connectivity index (χ4v) is 8.48. The maximum absolute atomic E-state index is 13.4. The predicted molar refractivity (Wildman–Crippen MR) is 274 cm³/mol. The number of piperidine rings is 1. The average Bonchev–Trinajstić information content (AvgIpc) is 4.14. The first kappa shape index (κ1) is 59.2. The number of aliphatic hydroxyl groups excluding tert-OH is 1. The van der Waals surface area contributed by atoms with Gasteiger partial charge in [0.2, 0.25) is 23.5 Å². The molecule has 0 spiro atoms. The molecule has 4 N–H and O–H groups in total. The molecule has 3 aromatic carbocycles. The van der Waals surface area contributed by atoms with Crippen molar-refractivity contribution in [1.29, 1.82) is 0 Å².